The Bertz CT molecular complexity index is 599. The summed E-state index contributed by atoms with van der Waals surface area (Å²) in [5.41, 5.74) is 1.74. The van der Waals surface area contributed by atoms with Crippen LogP contribution in [-0.4, -0.2) is 22.6 Å². The van der Waals surface area contributed by atoms with E-state index in [1.165, 1.54) is 0 Å². The quantitative estimate of drug-likeness (QED) is 0.846. The molecule has 0 amide bonds. The molecule has 3 rings (SSSR count). The topological polar surface area (TPSA) is 49.8 Å². The maximum atomic E-state index is 12.0. The van der Waals surface area contributed by atoms with Crippen molar-refractivity contribution < 1.29 is 0 Å². The fourth-order valence-corrected chi connectivity index (χ4v) is 2.70. The fourth-order valence-electron chi connectivity index (χ4n) is 2.53. The number of aromatic nitrogens is 2. The van der Waals surface area contributed by atoms with E-state index in [0.29, 0.717) is 11.1 Å². The Balaban J connectivity index is 0.00000120. The third-order valence-corrected chi connectivity index (χ3v) is 3.59. The fraction of sp³-hybridized carbons (Fsp3) is 0.417. The zero-order valence-electron chi connectivity index (χ0n) is 9.78. The number of benzene rings is 1. The second-order valence-electron chi connectivity index (χ2n) is 4.44. The number of aromatic amines is 1. The second-order valence-corrected chi connectivity index (χ2v) is 4.88. The summed E-state index contributed by atoms with van der Waals surface area (Å²) >= 11 is 5.92. The van der Waals surface area contributed by atoms with Gasteiger partial charge in [0.05, 0.1) is 11.0 Å². The normalized spacial score (nSPS) is 16.7. The number of halogens is 2. The molecule has 2 N–H and O–H groups in total. The summed E-state index contributed by atoms with van der Waals surface area (Å²) in [6, 6.07) is 5.83. The number of nitrogens with zero attached hydrogens (tertiary/aromatic N) is 1. The number of hydrogen-bond donors (Lipinski definition) is 2. The molecule has 0 aliphatic carbocycles. The van der Waals surface area contributed by atoms with Crippen LogP contribution in [0.3, 0.4) is 0 Å². The summed E-state index contributed by atoms with van der Waals surface area (Å²) in [7, 11) is 0. The van der Waals surface area contributed by atoms with Crippen LogP contribution >= 0.6 is 24.0 Å². The van der Waals surface area contributed by atoms with Crippen molar-refractivity contribution in [2.75, 3.05) is 13.1 Å². The van der Waals surface area contributed by atoms with Crippen molar-refractivity contribution in [2.45, 2.75) is 18.9 Å². The van der Waals surface area contributed by atoms with E-state index in [9.17, 15) is 4.79 Å². The van der Waals surface area contributed by atoms with Crippen molar-refractivity contribution in [1.82, 2.24) is 14.9 Å². The number of rotatable bonds is 1. The van der Waals surface area contributed by atoms with Gasteiger partial charge in [0.15, 0.2) is 0 Å². The van der Waals surface area contributed by atoms with E-state index in [1.807, 2.05) is 16.7 Å². The van der Waals surface area contributed by atoms with E-state index < -0.39 is 0 Å². The molecule has 0 spiro atoms. The summed E-state index contributed by atoms with van der Waals surface area (Å²) in [4.78, 5) is 14.9. The Kier molecular flexibility index (Phi) is 4.00. The predicted octanol–water partition coefficient (Wildman–Crippen LogP) is 2.33. The molecule has 0 bridgehead atoms. The van der Waals surface area contributed by atoms with Gasteiger partial charge in [0.1, 0.15) is 0 Å². The number of imidazole rings is 1. The number of hydrogen-bond acceptors (Lipinski definition) is 2. The van der Waals surface area contributed by atoms with Crippen LogP contribution in [-0.2, 0) is 0 Å². The first-order valence-electron chi connectivity index (χ1n) is 5.86. The molecular weight excluding hydrogens is 273 g/mol. The van der Waals surface area contributed by atoms with E-state index in [0.717, 1.165) is 37.0 Å². The Hall–Kier alpha value is -0.970. The molecule has 2 heterocycles. The SMILES string of the molecule is Cl.O=c1[nH]c2cc(Cl)ccc2n1C1CCNCC1. The molecule has 0 saturated carbocycles. The van der Waals surface area contributed by atoms with Crippen molar-refractivity contribution in [3.63, 3.8) is 0 Å². The summed E-state index contributed by atoms with van der Waals surface area (Å²) in [6.45, 7) is 1.94. The smallest absolute Gasteiger partial charge is 0.317 e. The van der Waals surface area contributed by atoms with E-state index >= 15 is 0 Å². The van der Waals surface area contributed by atoms with Crippen LogP contribution in [0.1, 0.15) is 18.9 Å². The van der Waals surface area contributed by atoms with Crippen molar-refractivity contribution >= 4 is 35.0 Å². The second kappa shape index (κ2) is 5.34. The average Bonchev–Trinajstić information content (AvgIpc) is 2.65. The molecule has 18 heavy (non-hydrogen) atoms. The Morgan fingerprint density at radius 1 is 1.28 bits per heavy atom. The van der Waals surface area contributed by atoms with Gasteiger partial charge in [-0.2, -0.15) is 0 Å². The van der Waals surface area contributed by atoms with Gasteiger partial charge in [-0.15, -0.1) is 12.4 Å². The standard InChI is InChI=1S/C12H14ClN3O.ClH/c13-8-1-2-11-10(7-8)15-12(17)16(11)9-3-5-14-6-4-9;/h1-2,7,9,14H,3-6H2,(H,15,17);1H. The maximum absolute atomic E-state index is 12.0. The molecule has 1 fully saturated rings. The molecule has 4 nitrogen and oxygen atoms in total. The number of fused-ring (bicyclic) bond motifs is 1. The molecule has 2 aromatic rings. The van der Waals surface area contributed by atoms with Crippen LogP contribution in [0.5, 0.6) is 0 Å². The van der Waals surface area contributed by atoms with E-state index in [2.05, 4.69) is 10.3 Å². The Morgan fingerprint density at radius 2 is 2.00 bits per heavy atom. The number of piperidine rings is 1. The highest BCUT2D eigenvalue weighted by molar-refractivity contribution is 6.31. The Labute approximate surface area is 116 Å². The van der Waals surface area contributed by atoms with Gasteiger partial charge >= 0.3 is 5.69 Å². The van der Waals surface area contributed by atoms with Gasteiger partial charge in [-0.05, 0) is 44.1 Å². The zero-order chi connectivity index (χ0) is 11.8. The van der Waals surface area contributed by atoms with Gasteiger partial charge in [0.25, 0.3) is 0 Å². The summed E-state index contributed by atoms with van der Waals surface area (Å²) in [5.74, 6) is 0. The van der Waals surface area contributed by atoms with Crippen LogP contribution < -0.4 is 11.0 Å². The first-order valence-corrected chi connectivity index (χ1v) is 6.24. The number of nitrogens with one attached hydrogen (secondary N) is 2. The zero-order valence-corrected chi connectivity index (χ0v) is 11.4. The minimum Gasteiger partial charge on any atom is -0.317 e. The lowest BCUT2D eigenvalue weighted by Gasteiger charge is -2.23. The predicted molar refractivity (Wildman–Crippen MR) is 76.0 cm³/mol. The van der Waals surface area contributed by atoms with Gasteiger partial charge in [-0.25, -0.2) is 4.79 Å². The Morgan fingerprint density at radius 3 is 2.72 bits per heavy atom. The molecule has 6 heteroatoms. The van der Waals surface area contributed by atoms with Gasteiger partial charge in [-0.1, -0.05) is 11.6 Å². The maximum Gasteiger partial charge on any atom is 0.326 e. The largest absolute Gasteiger partial charge is 0.326 e. The summed E-state index contributed by atoms with van der Waals surface area (Å²) in [6.07, 6.45) is 1.99. The highest BCUT2D eigenvalue weighted by Gasteiger charge is 2.19. The average molecular weight is 288 g/mol. The van der Waals surface area contributed by atoms with Gasteiger partial charge in [0, 0.05) is 11.1 Å². The van der Waals surface area contributed by atoms with E-state index in [-0.39, 0.29) is 18.1 Å². The van der Waals surface area contributed by atoms with Gasteiger partial charge in [-0.3, -0.25) is 4.57 Å². The molecule has 98 valence electrons. The van der Waals surface area contributed by atoms with Crippen molar-refractivity contribution in [3.8, 4) is 0 Å². The minimum atomic E-state index is -0.0332. The lowest BCUT2D eigenvalue weighted by Crippen LogP contribution is -2.33. The van der Waals surface area contributed by atoms with E-state index in [4.69, 9.17) is 11.6 Å². The third kappa shape index (κ3) is 2.28. The highest BCUT2D eigenvalue weighted by atomic mass is 35.5. The monoisotopic (exact) mass is 287 g/mol. The molecule has 1 aliphatic heterocycles. The van der Waals surface area contributed by atoms with Crippen LogP contribution in [0.2, 0.25) is 5.02 Å². The van der Waals surface area contributed by atoms with Crippen LogP contribution in [0.25, 0.3) is 11.0 Å². The molecule has 1 aromatic carbocycles. The van der Waals surface area contributed by atoms with Gasteiger partial charge < -0.3 is 10.3 Å². The van der Waals surface area contributed by atoms with Gasteiger partial charge in [0.2, 0.25) is 0 Å². The molecular formula is C12H15Cl2N3O. The summed E-state index contributed by atoms with van der Waals surface area (Å²) in [5, 5.41) is 3.96. The number of H-pyrrole nitrogens is 1. The minimum absolute atomic E-state index is 0. The van der Waals surface area contributed by atoms with Crippen molar-refractivity contribution in [1.29, 1.82) is 0 Å². The van der Waals surface area contributed by atoms with Crippen LogP contribution in [0.15, 0.2) is 23.0 Å². The molecule has 1 saturated heterocycles. The molecule has 0 unspecified atom stereocenters. The lowest BCUT2D eigenvalue weighted by atomic mass is 10.1. The highest BCUT2D eigenvalue weighted by Crippen LogP contribution is 2.23. The molecule has 1 aliphatic rings. The summed E-state index contributed by atoms with van der Waals surface area (Å²) < 4.78 is 1.87. The van der Waals surface area contributed by atoms with Crippen molar-refractivity contribution in [2.24, 2.45) is 0 Å². The van der Waals surface area contributed by atoms with Crippen LogP contribution in [0.4, 0.5) is 0 Å². The third-order valence-electron chi connectivity index (χ3n) is 3.35. The molecule has 0 atom stereocenters. The molecule has 0 radical (unpaired) electrons. The lowest BCUT2D eigenvalue weighted by molar-refractivity contribution is 0.368. The molecule has 1 aromatic heterocycles. The van der Waals surface area contributed by atoms with Crippen LogP contribution in [0, 0.1) is 0 Å². The first-order chi connectivity index (χ1) is 8.25. The van der Waals surface area contributed by atoms with Crippen molar-refractivity contribution in [3.05, 3.63) is 33.7 Å². The van der Waals surface area contributed by atoms with E-state index in [1.54, 1.807) is 6.07 Å². The first kappa shape index (κ1) is 13.5.